The van der Waals surface area contributed by atoms with Crippen LogP contribution in [0.15, 0.2) is 53.8 Å². The summed E-state index contributed by atoms with van der Waals surface area (Å²) >= 11 is 0. The van der Waals surface area contributed by atoms with E-state index in [1.54, 1.807) is 31.6 Å². The highest BCUT2D eigenvalue weighted by atomic mass is 16.5. The summed E-state index contributed by atoms with van der Waals surface area (Å²) < 4.78 is 11.0. The Hall–Kier alpha value is -3.27. The Morgan fingerprint density at radius 2 is 1.65 bits per heavy atom. The van der Waals surface area contributed by atoms with E-state index in [2.05, 4.69) is 20.6 Å². The predicted molar refractivity (Wildman–Crippen MR) is 124 cm³/mol. The van der Waals surface area contributed by atoms with Gasteiger partial charge < -0.3 is 14.8 Å². The summed E-state index contributed by atoms with van der Waals surface area (Å²) in [6.07, 6.45) is 14.8. The average molecular weight is 424 g/mol. The number of aliphatic imine (C=N–C) groups is 1. The van der Waals surface area contributed by atoms with Crippen LogP contribution in [0.3, 0.4) is 0 Å². The van der Waals surface area contributed by atoms with Gasteiger partial charge in [-0.1, -0.05) is 44.6 Å². The fourth-order valence-electron chi connectivity index (χ4n) is 3.09. The molecule has 0 fully saturated rings. The third-order valence-electron chi connectivity index (χ3n) is 4.75. The number of unbranched alkanes of at least 4 members (excludes halogenated alkanes) is 7. The average Bonchev–Trinajstić information content (AvgIpc) is 2.80. The summed E-state index contributed by atoms with van der Waals surface area (Å²) in [4.78, 5) is 8.34. The molecule has 7 heteroatoms. The second kappa shape index (κ2) is 15.6. The standard InChI is InChI=1S/C24H33N5O2/c1-30-22-11-10-12-23(19-22)31-18-9-7-5-3-2-4-6-8-15-27-24(28-20-25)29-21-13-16-26-17-14-21/h10-14,16-17,19H,2-9,15,18H2,1H3,(H2,26,27,28,29). The van der Waals surface area contributed by atoms with Crippen molar-refractivity contribution in [1.29, 1.82) is 5.26 Å². The molecule has 1 aromatic carbocycles. The zero-order valence-electron chi connectivity index (χ0n) is 18.3. The Kier molecular flexibility index (Phi) is 12.0. The minimum atomic E-state index is 0.477. The van der Waals surface area contributed by atoms with E-state index >= 15 is 0 Å². The topological polar surface area (TPSA) is 91.6 Å². The van der Waals surface area contributed by atoms with Crippen molar-refractivity contribution in [2.45, 2.75) is 51.4 Å². The first kappa shape index (κ1) is 24.0. The maximum Gasteiger partial charge on any atom is 0.209 e. The molecule has 0 saturated heterocycles. The molecule has 0 spiro atoms. The number of rotatable bonds is 14. The molecule has 0 saturated carbocycles. The lowest BCUT2D eigenvalue weighted by atomic mass is 10.1. The minimum Gasteiger partial charge on any atom is -0.497 e. The van der Waals surface area contributed by atoms with E-state index in [9.17, 15) is 0 Å². The highest BCUT2D eigenvalue weighted by Gasteiger charge is 1.99. The fourth-order valence-corrected chi connectivity index (χ4v) is 3.09. The van der Waals surface area contributed by atoms with Gasteiger partial charge in [0.1, 0.15) is 11.5 Å². The molecule has 0 amide bonds. The number of nitriles is 1. The number of methoxy groups -OCH3 is 1. The third-order valence-corrected chi connectivity index (χ3v) is 4.75. The van der Waals surface area contributed by atoms with Crippen LogP contribution in [0.5, 0.6) is 11.5 Å². The van der Waals surface area contributed by atoms with Crippen molar-refractivity contribution >= 4 is 11.6 Å². The van der Waals surface area contributed by atoms with Crippen molar-refractivity contribution in [2.75, 3.05) is 20.3 Å². The van der Waals surface area contributed by atoms with Crippen LogP contribution in [0, 0.1) is 11.5 Å². The molecule has 166 valence electrons. The zero-order chi connectivity index (χ0) is 22.0. The van der Waals surface area contributed by atoms with Gasteiger partial charge in [0.15, 0.2) is 6.19 Å². The monoisotopic (exact) mass is 423 g/mol. The first-order valence-electron chi connectivity index (χ1n) is 11.0. The smallest absolute Gasteiger partial charge is 0.209 e. The maximum absolute atomic E-state index is 8.86. The van der Waals surface area contributed by atoms with Crippen molar-refractivity contribution in [1.82, 2.24) is 15.6 Å². The second-order valence-corrected chi connectivity index (χ2v) is 7.19. The Morgan fingerprint density at radius 1 is 0.968 bits per heavy atom. The van der Waals surface area contributed by atoms with Crippen LogP contribution < -0.4 is 20.1 Å². The molecule has 7 nitrogen and oxygen atoms in total. The molecule has 31 heavy (non-hydrogen) atoms. The molecule has 0 unspecified atom stereocenters. The highest BCUT2D eigenvalue weighted by molar-refractivity contribution is 5.83. The first-order chi connectivity index (χ1) is 15.3. The number of ether oxygens (including phenoxy) is 2. The van der Waals surface area contributed by atoms with Gasteiger partial charge in [0, 0.05) is 25.0 Å². The minimum absolute atomic E-state index is 0.477. The Balaban J connectivity index is 1.44. The van der Waals surface area contributed by atoms with Crippen LogP contribution in [0.1, 0.15) is 51.4 Å². The van der Waals surface area contributed by atoms with Gasteiger partial charge >= 0.3 is 0 Å². The summed E-state index contributed by atoms with van der Waals surface area (Å²) in [6.45, 7) is 1.54. The van der Waals surface area contributed by atoms with E-state index in [1.807, 2.05) is 30.5 Å². The lowest BCUT2D eigenvalue weighted by molar-refractivity contribution is 0.302. The van der Waals surface area contributed by atoms with Gasteiger partial charge in [-0.25, -0.2) is 4.99 Å². The lowest BCUT2D eigenvalue weighted by Gasteiger charge is -2.08. The van der Waals surface area contributed by atoms with Crippen LogP contribution in [0.2, 0.25) is 0 Å². The van der Waals surface area contributed by atoms with E-state index in [4.69, 9.17) is 14.7 Å². The van der Waals surface area contributed by atoms with Gasteiger partial charge in [-0.05, 0) is 37.1 Å². The Bertz CT molecular complexity index is 805. The molecule has 1 aromatic heterocycles. The second-order valence-electron chi connectivity index (χ2n) is 7.19. The maximum atomic E-state index is 8.86. The molecule has 2 N–H and O–H groups in total. The zero-order valence-corrected chi connectivity index (χ0v) is 18.3. The Labute approximate surface area is 185 Å². The largest absolute Gasteiger partial charge is 0.497 e. The summed E-state index contributed by atoms with van der Waals surface area (Å²) in [7, 11) is 1.66. The SMILES string of the molecule is COc1cccc(OCCCCCCCCCCN/C(=N/c2ccncc2)NC#N)c1. The molecule has 0 aliphatic heterocycles. The summed E-state index contributed by atoms with van der Waals surface area (Å²) in [6, 6.07) is 11.3. The predicted octanol–water partition coefficient (Wildman–Crippen LogP) is 4.94. The van der Waals surface area contributed by atoms with Crippen LogP contribution in [-0.4, -0.2) is 31.2 Å². The van der Waals surface area contributed by atoms with E-state index in [-0.39, 0.29) is 0 Å². The van der Waals surface area contributed by atoms with E-state index < -0.39 is 0 Å². The molecular weight excluding hydrogens is 390 g/mol. The van der Waals surface area contributed by atoms with Crippen LogP contribution >= 0.6 is 0 Å². The number of nitrogens with one attached hydrogen (secondary N) is 2. The fraction of sp³-hybridized carbons (Fsp3) is 0.458. The van der Waals surface area contributed by atoms with Gasteiger partial charge in [0.2, 0.25) is 5.96 Å². The molecule has 0 radical (unpaired) electrons. The van der Waals surface area contributed by atoms with Gasteiger partial charge in [-0.15, -0.1) is 0 Å². The van der Waals surface area contributed by atoms with Crippen molar-refractivity contribution in [3.63, 3.8) is 0 Å². The summed E-state index contributed by atoms with van der Waals surface area (Å²) in [5, 5.41) is 14.6. The molecule has 0 atom stereocenters. The first-order valence-corrected chi connectivity index (χ1v) is 11.0. The quantitative estimate of drug-likeness (QED) is 0.147. The molecule has 0 bridgehead atoms. The normalized spacial score (nSPS) is 10.9. The van der Waals surface area contributed by atoms with E-state index in [0.29, 0.717) is 5.96 Å². The number of hydrogen-bond donors (Lipinski definition) is 2. The number of nitrogens with zero attached hydrogens (tertiary/aromatic N) is 3. The van der Waals surface area contributed by atoms with E-state index in [1.165, 1.54) is 38.5 Å². The third kappa shape index (κ3) is 10.9. The van der Waals surface area contributed by atoms with Crippen LogP contribution in [0.25, 0.3) is 0 Å². The Morgan fingerprint density at radius 3 is 2.35 bits per heavy atom. The molecule has 2 rings (SSSR count). The van der Waals surface area contributed by atoms with Crippen molar-refractivity contribution < 1.29 is 9.47 Å². The van der Waals surface area contributed by atoms with Crippen LogP contribution in [-0.2, 0) is 0 Å². The summed E-state index contributed by atoms with van der Waals surface area (Å²) in [5.74, 6) is 2.17. The lowest BCUT2D eigenvalue weighted by Crippen LogP contribution is -2.34. The van der Waals surface area contributed by atoms with Gasteiger partial charge in [-0.2, -0.15) is 5.26 Å². The van der Waals surface area contributed by atoms with Crippen LogP contribution in [0.4, 0.5) is 5.69 Å². The van der Waals surface area contributed by atoms with Crippen molar-refractivity contribution in [3.8, 4) is 17.7 Å². The number of guanidine groups is 1. The van der Waals surface area contributed by atoms with Gasteiger partial charge in [0.05, 0.1) is 19.4 Å². The summed E-state index contributed by atoms with van der Waals surface area (Å²) in [5.41, 5.74) is 0.758. The molecular formula is C24H33N5O2. The van der Waals surface area contributed by atoms with Crippen molar-refractivity contribution in [3.05, 3.63) is 48.8 Å². The number of hydrogen-bond acceptors (Lipinski definition) is 5. The number of pyridine rings is 1. The molecule has 0 aliphatic carbocycles. The number of benzene rings is 1. The van der Waals surface area contributed by atoms with E-state index in [0.717, 1.165) is 43.2 Å². The molecule has 0 aliphatic rings. The van der Waals surface area contributed by atoms with Crippen molar-refractivity contribution in [2.24, 2.45) is 4.99 Å². The highest BCUT2D eigenvalue weighted by Crippen LogP contribution is 2.19. The molecule has 2 aromatic rings. The number of aromatic nitrogens is 1. The van der Waals surface area contributed by atoms with Gasteiger partial charge in [0.25, 0.3) is 0 Å². The molecule has 1 heterocycles. The van der Waals surface area contributed by atoms with Gasteiger partial charge in [-0.3, -0.25) is 10.3 Å².